The van der Waals surface area contributed by atoms with Crippen LogP contribution in [0.4, 0.5) is 0 Å². The Hall–Kier alpha value is -0.0900. The molecule has 0 saturated carbocycles. The molecule has 0 atom stereocenters. The van der Waals surface area contributed by atoms with Crippen molar-refractivity contribution in [3.63, 3.8) is 0 Å². The highest BCUT2D eigenvalue weighted by Gasteiger charge is 1.96. The van der Waals surface area contributed by atoms with Crippen LogP contribution in [0.2, 0.25) is 0 Å². The van der Waals surface area contributed by atoms with E-state index in [1.165, 1.54) is 231 Å². The first-order valence-corrected chi connectivity index (χ1v) is 21.6. The van der Waals surface area contributed by atoms with Crippen molar-refractivity contribution in [2.24, 2.45) is 0 Å². The van der Waals surface area contributed by atoms with Crippen LogP contribution in [0.15, 0.2) is 23.8 Å². The van der Waals surface area contributed by atoms with Crippen LogP contribution in [0.25, 0.3) is 0 Å². The summed E-state index contributed by atoms with van der Waals surface area (Å²) in [5.74, 6) is 4.83. The van der Waals surface area contributed by atoms with E-state index in [4.69, 9.17) is 0 Å². The van der Waals surface area contributed by atoms with Crippen LogP contribution < -0.4 is 0 Å². The molecule has 0 N–H and O–H groups in total. The van der Waals surface area contributed by atoms with Gasteiger partial charge < -0.3 is 0 Å². The molecule has 0 nitrogen and oxygen atoms in total. The molecule has 0 spiro atoms. The summed E-state index contributed by atoms with van der Waals surface area (Å²) in [7, 11) is 0.892. The van der Waals surface area contributed by atoms with Crippen LogP contribution in [0.5, 0.6) is 0 Å². The minimum atomic E-state index is 0.892. The maximum atomic E-state index is 2.43. The SMILES string of the molecule is CCCCCCCCCCCCCCCCCCC/C=C/P/C=C/CCCCCCCCCCCCCCCCCCC. The molecular formula is C42H83P. The summed E-state index contributed by atoms with van der Waals surface area (Å²) in [6, 6.07) is 0. The minimum absolute atomic E-state index is 0.892. The molecule has 0 aromatic rings. The third-order valence-corrected chi connectivity index (χ3v) is 10.2. The standard InChI is InChI=1S/C42H83P/c1-3-5-7-9-11-13-15-17-19-21-23-25-27-29-31-33-35-37-39-41-43-42-40-38-36-34-32-30-28-26-24-22-20-18-16-14-12-10-8-6-4-2/h39-43H,3-38H2,1-2H3/b41-39+,42-40+. The van der Waals surface area contributed by atoms with Gasteiger partial charge in [0.15, 0.2) is 0 Å². The fourth-order valence-electron chi connectivity index (χ4n) is 6.33. The van der Waals surface area contributed by atoms with E-state index < -0.39 is 0 Å². The second kappa shape index (κ2) is 41.9. The molecule has 0 fully saturated rings. The lowest BCUT2D eigenvalue weighted by molar-refractivity contribution is 0.527. The van der Waals surface area contributed by atoms with Crippen molar-refractivity contribution in [2.75, 3.05) is 0 Å². The molecule has 0 rings (SSSR count). The molecule has 0 aromatic carbocycles. The molecule has 0 bridgehead atoms. The Bertz CT molecular complexity index is 475. The number of allylic oxidation sites excluding steroid dienone is 2. The topological polar surface area (TPSA) is 0 Å². The predicted molar refractivity (Wildman–Crippen MR) is 204 cm³/mol. The summed E-state index contributed by atoms with van der Waals surface area (Å²) < 4.78 is 0. The van der Waals surface area contributed by atoms with Gasteiger partial charge in [0, 0.05) is 0 Å². The summed E-state index contributed by atoms with van der Waals surface area (Å²) in [4.78, 5) is 0. The van der Waals surface area contributed by atoms with Crippen LogP contribution in [0, 0.1) is 0 Å². The summed E-state index contributed by atoms with van der Waals surface area (Å²) in [6.45, 7) is 4.61. The quantitative estimate of drug-likeness (QED) is 0.0477. The van der Waals surface area contributed by atoms with Gasteiger partial charge in [-0.15, -0.1) is 0 Å². The summed E-state index contributed by atoms with van der Waals surface area (Å²) in [6.07, 6.45) is 57.1. The number of hydrogen-bond donors (Lipinski definition) is 0. The van der Waals surface area contributed by atoms with Crippen molar-refractivity contribution >= 4 is 8.58 Å². The average Bonchev–Trinajstić information content (AvgIpc) is 3.02. The van der Waals surface area contributed by atoms with Gasteiger partial charge in [0.2, 0.25) is 0 Å². The molecule has 0 aliphatic carbocycles. The van der Waals surface area contributed by atoms with Gasteiger partial charge in [-0.3, -0.25) is 0 Å². The van der Waals surface area contributed by atoms with Gasteiger partial charge in [-0.25, -0.2) is 0 Å². The van der Waals surface area contributed by atoms with Crippen LogP contribution in [0.3, 0.4) is 0 Å². The van der Waals surface area contributed by atoms with Crippen LogP contribution in [0.1, 0.15) is 245 Å². The fourth-order valence-corrected chi connectivity index (χ4v) is 7.05. The lowest BCUT2D eigenvalue weighted by atomic mass is 10.0. The van der Waals surface area contributed by atoms with Gasteiger partial charge in [-0.05, 0) is 25.7 Å². The van der Waals surface area contributed by atoms with E-state index in [9.17, 15) is 0 Å². The van der Waals surface area contributed by atoms with Crippen LogP contribution in [-0.4, -0.2) is 0 Å². The molecule has 0 heterocycles. The Morgan fingerprint density at radius 2 is 0.442 bits per heavy atom. The van der Waals surface area contributed by atoms with Crippen molar-refractivity contribution in [1.82, 2.24) is 0 Å². The maximum Gasteiger partial charge on any atom is -0.0347 e. The van der Waals surface area contributed by atoms with Gasteiger partial charge in [0.1, 0.15) is 0 Å². The zero-order valence-corrected chi connectivity index (χ0v) is 31.3. The lowest BCUT2D eigenvalue weighted by Gasteiger charge is -2.03. The number of rotatable bonds is 38. The van der Waals surface area contributed by atoms with Crippen molar-refractivity contribution in [3.8, 4) is 0 Å². The summed E-state index contributed by atoms with van der Waals surface area (Å²) in [5, 5.41) is 0. The molecule has 1 heteroatoms. The van der Waals surface area contributed by atoms with E-state index in [2.05, 4.69) is 37.6 Å². The van der Waals surface area contributed by atoms with E-state index in [-0.39, 0.29) is 0 Å². The molecule has 0 saturated heterocycles. The number of hydrogen-bond acceptors (Lipinski definition) is 0. The Balaban J connectivity index is 3.14. The largest absolute Gasteiger partial charge is 0.0840 e. The van der Waals surface area contributed by atoms with E-state index in [1.54, 1.807) is 0 Å². The summed E-state index contributed by atoms with van der Waals surface area (Å²) in [5.41, 5.74) is 0. The zero-order chi connectivity index (χ0) is 31.0. The molecule has 0 amide bonds. The molecular weight excluding hydrogens is 535 g/mol. The van der Waals surface area contributed by atoms with Crippen LogP contribution >= 0.6 is 8.58 Å². The Labute approximate surface area is 276 Å². The van der Waals surface area contributed by atoms with E-state index >= 15 is 0 Å². The van der Waals surface area contributed by atoms with Gasteiger partial charge in [0.05, 0.1) is 0 Å². The molecule has 0 radical (unpaired) electrons. The third-order valence-electron chi connectivity index (χ3n) is 9.38. The van der Waals surface area contributed by atoms with Crippen molar-refractivity contribution in [3.05, 3.63) is 23.8 Å². The first-order chi connectivity index (χ1) is 21.4. The van der Waals surface area contributed by atoms with E-state index in [0.29, 0.717) is 0 Å². The molecule has 0 unspecified atom stereocenters. The smallest absolute Gasteiger partial charge is 0.0347 e. The highest BCUT2D eigenvalue weighted by Crippen LogP contribution is 2.18. The van der Waals surface area contributed by atoms with Crippen molar-refractivity contribution in [2.45, 2.75) is 245 Å². The average molecular weight is 619 g/mol. The van der Waals surface area contributed by atoms with Gasteiger partial charge >= 0.3 is 0 Å². The Kier molecular flexibility index (Phi) is 41.8. The molecule has 0 aliphatic rings. The molecule has 0 aliphatic heterocycles. The molecule has 256 valence electrons. The van der Waals surface area contributed by atoms with Gasteiger partial charge in [-0.1, -0.05) is 252 Å². The highest BCUT2D eigenvalue weighted by atomic mass is 31.1. The third kappa shape index (κ3) is 41.9. The van der Waals surface area contributed by atoms with E-state index in [0.717, 1.165) is 8.58 Å². The first kappa shape index (κ1) is 42.9. The maximum absolute atomic E-state index is 2.43. The predicted octanol–water partition coefficient (Wildman–Crippen LogP) is 16.8. The monoisotopic (exact) mass is 619 g/mol. The van der Waals surface area contributed by atoms with Crippen LogP contribution in [-0.2, 0) is 0 Å². The van der Waals surface area contributed by atoms with Gasteiger partial charge in [-0.2, -0.15) is 0 Å². The second-order valence-corrected chi connectivity index (χ2v) is 14.9. The minimum Gasteiger partial charge on any atom is -0.0840 e. The molecule has 43 heavy (non-hydrogen) atoms. The highest BCUT2D eigenvalue weighted by molar-refractivity contribution is 7.45. The second-order valence-electron chi connectivity index (χ2n) is 13.9. The summed E-state index contributed by atoms with van der Waals surface area (Å²) >= 11 is 0. The normalized spacial score (nSPS) is 12.0. The van der Waals surface area contributed by atoms with Crippen molar-refractivity contribution < 1.29 is 0 Å². The fraction of sp³-hybridized carbons (Fsp3) is 0.905. The zero-order valence-electron chi connectivity index (χ0n) is 30.3. The first-order valence-electron chi connectivity index (χ1n) is 20.5. The van der Waals surface area contributed by atoms with Crippen molar-refractivity contribution in [1.29, 1.82) is 0 Å². The van der Waals surface area contributed by atoms with E-state index in [1.807, 2.05) is 0 Å². The van der Waals surface area contributed by atoms with Gasteiger partial charge in [0.25, 0.3) is 0 Å². The Morgan fingerprint density at radius 1 is 0.256 bits per heavy atom. The number of unbranched alkanes of at least 4 members (excludes halogenated alkanes) is 34. The molecule has 0 aromatic heterocycles. The lowest BCUT2D eigenvalue weighted by Crippen LogP contribution is -1.83. The Morgan fingerprint density at radius 3 is 0.651 bits per heavy atom.